The molecule has 1 fully saturated rings. The Morgan fingerprint density at radius 1 is 1.26 bits per heavy atom. The average Bonchev–Trinajstić information content (AvgIpc) is 2.70. The van der Waals surface area contributed by atoms with Crippen LogP contribution in [-0.2, 0) is 22.3 Å². The van der Waals surface area contributed by atoms with Crippen LogP contribution in [0.25, 0.3) is 0 Å². The summed E-state index contributed by atoms with van der Waals surface area (Å²) in [6.45, 7) is 3.45. The van der Waals surface area contributed by atoms with Gasteiger partial charge in [-0.2, -0.15) is 13.2 Å². The molecule has 0 bridgehead atoms. The van der Waals surface area contributed by atoms with Crippen molar-refractivity contribution in [1.82, 2.24) is 20.9 Å². The maximum absolute atomic E-state index is 13.7. The smallest absolute Gasteiger partial charge is 0.352 e. The SMILES string of the molecule is CC(C)C(=O)NCc1ccc(C(F)(F)F)c(C2NC(=O)CC(c3cncc(F)c3)N2)c1. The van der Waals surface area contributed by atoms with Gasteiger partial charge >= 0.3 is 6.18 Å². The van der Waals surface area contributed by atoms with Gasteiger partial charge in [-0.25, -0.2) is 4.39 Å². The van der Waals surface area contributed by atoms with Gasteiger partial charge in [-0.3, -0.25) is 19.9 Å². The van der Waals surface area contributed by atoms with E-state index in [2.05, 4.69) is 20.9 Å². The number of nitrogens with zero attached hydrogens (tertiary/aromatic N) is 1. The van der Waals surface area contributed by atoms with Gasteiger partial charge in [-0.1, -0.05) is 19.9 Å². The third-order valence-corrected chi connectivity index (χ3v) is 4.91. The molecule has 2 unspecified atom stereocenters. The van der Waals surface area contributed by atoms with Crippen LogP contribution in [0.5, 0.6) is 0 Å². The summed E-state index contributed by atoms with van der Waals surface area (Å²) in [5.41, 5.74) is -0.301. The number of rotatable bonds is 5. The highest BCUT2D eigenvalue weighted by Gasteiger charge is 2.38. The largest absolute Gasteiger partial charge is 0.416 e. The van der Waals surface area contributed by atoms with Crippen molar-refractivity contribution in [3.05, 3.63) is 64.7 Å². The number of hydrogen-bond donors (Lipinski definition) is 3. The first-order valence-corrected chi connectivity index (χ1v) is 9.68. The summed E-state index contributed by atoms with van der Waals surface area (Å²) in [5.74, 6) is -1.59. The molecule has 0 radical (unpaired) electrons. The first-order chi connectivity index (χ1) is 14.5. The Morgan fingerprint density at radius 2 is 2.00 bits per heavy atom. The van der Waals surface area contributed by atoms with Gasteiger partial charge in [0.25, 0.3) is 0 Å². The van der Waals surface area contributed by atoms with E-state index in [0.29, 0.717) is 11.1 Å². The Hall–Kier alpha value is -3.01. The molecule has 3 rings (SSSR count). The van der Waals surface area contributed by atoms with Crippen LogP contribution < -0.4 is 16.0 Å². The highest BCUT2D eigenvalue weighted by molar-refractivity contribution is 5.78. The number of nitrogens with one attached hydrogen (secondary N) is 3. The highest BCUT2D eigenvalue weighted by Crippen LogP contribution is 2.36. The van der Waals surface area contributed by atoms with Crippen LogP contribution in [0.4, 0.5) is 17.6 Å². The van der Waals surface area contributed by atoms with Gasteiger partial charge in [-0.05, 0) is 29.3 Å². The maximum Gasteiger partial charge on any atom is 0.416 e. The van der Waals surface area contributed by atoms with Crippen molar-refractivity contribution < 1.29 is 27.2 Å². The van der Waals surface area contributed by atoms with Crippen LogP contribution in [-0.4, -0.2) is 16.8 Å². The second-order valence-electron chi connectivity index (χ2n) is 7.65. The number of aromatic nitrogens is 1. The molecule has 2 atom stereocenters. The predicted octanol–water partition coefficient (Wildman–Crippen LogP) is 3.36. The Bertz CT molecular complexity index is 978. The summed E-state index contributed by atoms with van der Waals surface area (Å²) >= 11 is 0. The van der Waals surface area contributed by atoms with Gasteiger partial charge in [0.15, 0.2) is 0 Å². The highest BCUT2D eigenvalue weighted by atomic mass is 19.4. The molecule has 0 aliphatic carbocycles. The van der Waals surface area contributed by atoms with E-state index >= 15 is 0 Å². The zero-order valence-electron chi connectivity index (χ0n) is 16.9. The zero-order chi connectivity index (χ0) is 22.8. The molecule has 3 N–H and O–H groups in total. The van der Waals surface area contributed by atoms with E-state index in [0.717, 1.165) is 12.3 Å². The van der Waals surface area contributed by atoms with Crippen LogP contribution in [0, 0.1) is 11.7 Å². The molecule has 31 heavy (non-hydrogen) atoms. The van der Waals surface area contributed by atoms with Crippen molar-refractivity contribution in [2.24, 2.45) is 5.92 Å². The van der Waals surface area contributed by atoms with E-state index in [4.69, 9.17) is 0 Å². The normalized spacial score (nSPS) is 19.3. The van der Waals surface area contributed by atoms with Crippen molar-refractivity contribution in [3.8, 4) is 0 Å². The summed E-state index contributed by atoms with van der Waals surface area (Å²) in [6, 6.07) is 3.97. The maximum atomic E-state index is 13.7. The van der Waals surface area contributed by atoms with Crippen LogP contribution >= 0.6 is 0 Å². The predicted molar refractivity (Wildman–Crippen MR) is 104 cm³/mol. The molecule has 1 aromatic heterocycles. The van der Waals surface area contributed by atoms with Crippen molar-refractivity contribution in [3.63, 3.8) is 0 Å². The van der Waals surface area contributed by atoms with Crippen molar-refractivity contribution in [2.75, 3.05) is 0 Å². The molecule has 2 aromatic rings. The minimum Gasteiger partial charge on any atom is -0.352 e. The molecule has 1 saturated heterocycles. The lowest BCUT2D eigenvalue weighted by atomic mass is 9.96. The second-order valence-corrected chi connectivity index (χ2v) is 7.65. The Balaban J connectivity index is 1.93. The molecule has 2 heterocycles. The minimum atomic E-state index is -4.66. The number of hydrogen-bond acceptors (Lipinski definition) is 4. The summed E-state index contributed by atoms with van der Waals surface area (Å²) in [5, 5.41) is 8.12. The van der Waals surface area contributed by atoms with Crippen molar-refractivity contribution in [2.45, 2.75) is 45.2 Å². The van der Waals surface area contributed by atoms with Gasteiger partial charge in [-0.15, -0.1) is 0 Å². The van der Waals surface area contributed by atoms with E-state index in [-0.39, 0.29) is 30.4 Å². The molecule has 2 amide bonds. The monoisotopic (exact) mass is 438 g/mol. The van der Waals surface area contributed by atoms with Crippen molar-refractivity contribution >= 4 is 11.8 Å². The average molecular weight is 438 g/mol. The van der Waals surface area contributed by atoms with Crippen LogP contribution in [0.1, 0.15) is 54.7 Å². The third kappa shape index (κ3) is 5.57. The lowest BCUT2D eigenvalue weighted by Crippen LogP contribution is -2.47. The van der Waals surface area contributed by atoms with E-state index in [1.165, 1.54) is 24.4 Å². The van der Waals surface area contributed by atoms with Crippen LogP contribution in [0.3, 0.4) is 0 Å². The van der Waals surface area contributed by atoms with Gasteiger partial charge in [0.05, 0.1) is 11.8 Å². The molecule has 1 aliphatic rings. The first-order valence-electron chi connectivity index (χ1n) is 9.68. The molecule has 166 valence electrons. The fourth-order valence-electron chi connectivity index (χ4n) is 3.32. The number of halogens is 4. The van der Waals surface area contributed by atoms with Gasteiger partial charge in [0, 0.05) is 36.7 Å². The van der Waals surface area contributed by atoms with E-state index in [9.17, 15) is 27.2 Å². The van der Waals surface area contributed by atoms with Crippen LogP contribution in [0.2, 0.25) is 0 Å². The number of carbonyl (C=O) groups is 2. The fourth-order valence-corrected chi connectivity index (χ4v) is 3.32. The van der Waals surface area contributed by atoms with E-state index in [1.807, 2.05) is 0 Å². The van der Waals surface area contributed by atoms with Gasteiger partial charge < -0.3 is 10.6 Å². The number of alkyl halides is 3. The lowest BCUT2D eigenvalue weighted by molar-refractivity contribution is -0.139. The zero-order valence-corrected chi connectivity index (χ0v) is 16.9. The molecular weight excluding hydrogens is 416 g/mol. The fraction of sp³-hybridized carbons (Fsp3) is 0.381. The minimum absolute atomic E-state index is 0.0417. The molecule has 1 aromatic carbocycles. The number of carbonyl (C=O) groups excluding carboxylic acids is 2. The topological polar surface area (TPSA) is 83.1 Å². The van der Waals surface area contributed by atoms with Crippen LogP contribution in [0.15, 0.2) is 36.7 Å². The summed E-state index contributed by atoms with van der Waals surface area (Å²) in [6.07, 6.45) is -3.53. The summed E-state index contributed by atoms with van der Waals surface area (Å²) in [4.78, 5) is 27.8. The number of benzene rings is 1. The molecule has 0 saturated carbocycles. The second kappa shape index (κ2) is 9.01. The Kier molecular flexibility index (Phi) is 6.59. The van der Waals surface area contributed by atoms with Gasteiger partial charge in [0.2, 0.25) is 11.8 Å². The lowest BCUT2D eigenvalue weighted by Gasteiger charge is -2.33. The standard InChI is InChI=1S/C21H22F4N4O2/c1-11(2)20(31)27-8-12-3-4-16(21(23,24)25)15(5-12)19-28-17(7-18(30)29-19)13-6-14(22)10-26-9-13/h3-6,9-11,17,19,28H,7-8H2,1-2H3,(H,27,31)(H,29,30). The molecule has 1 aliphatic heterocycles. The van der Waals surface area contributed by atoms with E-state index in [1.54, 1.807) is 13.8 Å². The molecule has 10 heteroatoms. The molecular formula is C21H22F4N4O2. The molecule has 6 nitrogen and oxygen atoms in total. The third-order valence-electron chi connectivity index (χ3n) is 4.91. The number of pyridine rings is 1. The Morgan fingerprint density at radius 3 is 2.65 bits per heavy atom. The quantitative estimate of drug-likeness (QED) is 0.626. The Labute approximate surface area is 176 Å². The van der Waals surface area contributed by atoms with Gasteiger partial charge in [0.1, 0.15) is 12.0 Å². The number of amides is 2. The molecule has 0 spiro atoms. The summed E-state index contributed by atoms with van der Waals surface area (Å²) in [7, 11) is 0. The first kappa shape index (κ1) is 22.7. The van der Waals surface area contributed by atoms with E-state index < -0.39 is 35.7 Å². The summed E-state index contributed by atoms with van der Waals surface area (Å²) < 4.78 is 54.5. The van der Waals surface area contributed by atoms with Crippen molar-refractivity contribution in [1.29, 1.82) is 0 Å².